The Morgan fingerprint density at radius 1 is 1.48 bits per heavy atom. The summed E-state index contributed by atoms with van der Waals surface area (Å²) in [5.41, 5.74) is 0. The summed E-state index contributed by atoms with van der Waals surface area (Å²) in [5, 5.41) is 2.80. The molecule has 0 bridgehead atoms. The second kappa shape index (κ2) is 8.10. The monoisotopic (exact) mass is 322 g/mol. The lowest BCUT2D eigenvalue weighted by atomic mass is 10.2. The summed E-state index contributed by atoms with van der Waals surface area (Å²) in [6.45, 7) is 5.61. The average Bonchev–Trinajstić information content (AvgIpc) is 2.83. The molecule has 0 saturated carbocycles. The first-order valence-electron chi connectivity index (χ1n) is 8.13. The number of methoxy groups -OCH3 is 1. The lowest BCUT2D eigenvalue weighted by Crippen LogP contribution is -2.43. The van der Waals surface area contributed by atoms with Crippen LogP contribution in [0.25, 0.3) is 0 Å². The van der Waals surface area contributed by atoms with Crippen LogP contribution in [-0.4, -0.2) is 52.6 Å². The van der Waals surface area contributed by atoms with E-state index in [2.05, 4.69) is 24.1 Å². The Morgan fingerprint density at radius 3 is 2.96 bits per heavy atom. The second-order valence-corrected chi connectivity index (χ2v) is 6.33. The van der Waals surface area contributed by atoms with Crippen molar-refractivity contribution < 1.29 is 14.3 Å². The number of ether oxygens (including phenoxy) is 1. The highest BCUT2D eigenvalue weighted by atomic mass is 16.5. The summed E-state index contributed by atoms with van der Waals surface area (Å²) in [6.07, 6.45) is 5.60. The molecular weight excluding hydrogens is 296 g/mol. The summed E-state index contributed by atoms with van der Waals surface area (Å²) < 4.78 is 7.13. The average molecular weight is 322 g/mol. The first-order valence-corrected chi connectivity index (χ1v) is 8.13. The maximum Gasteiger partial charge on any atom is 0.252 e. The smallest absolute Gasteiger partial charge is 0.252 e. The fourth-order valence-electron chi connectivity index (χ4n) is 2.76. The van der Waals surface area contributed by atoms with Gasteiger partial charge in [0.1, 0.15) is 12.6 Å². The number of carbonyl (C=O) groups excluding carboxylic acids is 2. The fourth-order valence-corrected chi connectivity index (χ4v) is 2.76. The van der Waals surface area contributed by atoms with Gasteiger partial charge < -0.3 is 14.2 Å². The van der Waals surface area contributed by atoms with E-state index < -0.39 is 6.10 Å². The Morgan fingerprint density at radius 2 is 2.26 bits per heavy atom. The molecule has 1 aliphatic heterocycles. The van der Waals surface area contributed by atoms with Crippen LogP contribution in [0, 0.1) is 5.92 Å². The Balaban J connectivity index is 1.96. The molecule has 23 heavy (non-hydrogen) atoms. The van der Waals surface area contributed by atoms with E-state index >= 15 is 0 Å². The van der Waals surface area contributed by atoms with Gasteiger partial charge in [-0.25, -0.2) is 4.98 Å². The van der Waals surface area contributed by atoms with Gasteiger partial charge in [-0.2, -0.15) is 0 Å². The van der Waals surface area contributed by atoms with Crippen molar-refractivity contribution in [1.29, 1.82) is 0 Å². The van der Waals surface area contributed by atoms with Crippen LogP contribution in [0.4, 0.5) is 5.95 Å². The van der Waals surface area contributed by atoms with Gasteiger partial charge in [0.05, 0.1) is 0 Å². The molecule has 7 heteroatoms. The number of carbonyl (C=O) groups is 2. The lowest BCUT2D eigenvalue weighted by Gasteiger charge is -2.23. The first kappa shape index (κ1) is 17.5. The van der Waals surface area contributed by atoms with Gasteiger partial charge in [-0.3, -0.25) is 14.9 Å². The number of anilines is 1. The largest absolute Gasteiger partial charge is 0.372 e. The predicted octanol–water partition coefficient (Wildman–Crippen LogP) is 1.51. The molecular formula is C16H26N4O3. The van der Waals surface area contributed by atoms with Gasteiger partial charge in [0.15, 0.2) is 0 Å². The van der Waals surface area contributed by atoms with Gasteiger partial charge in [-0.1, -0.05) is 13.8 Å². The highest BCUT2D eigenvalue weighted by Gasteiger charge is 2.28. The van der Waals surface area contributed by atoms with Crippen LogP contribution in [0.2, 0.25) is 0 Å². The molecule has 1 saturated heterocycles. The molecule has 0 radical (unpaired) electrons. The molecule has 1 atom stereocenters. The minimum atomic E-state index is -0.437. The van der Waals surface area contributed by atoms with Gasteiger partial charge in [0, 0.05) is 32.6 Å². The fraction of sp³-hybridized carbons (Fsp3) is 0.688. The molecule has 1 aromatic heterocycles. The van der Waals surface area contributed by atoms with E-state index in [-0.39, 0.29) is 18.4 Å². The van der Waals surface area contributed by atoms with E-state index in [1.165, 1.54) is 7.11 Å². The third-order valence-corrected chi connectivity index (χ3v) is 3.88. The van der Waals surface area contributed by atoms with Gasteiger partial charge in [0.25, 0.3) is 5.91 Å². The standard InChI is InChI=1S/C16H26N4O3/c1-12(2)10-20-9-7-17-16(20)18-14(21)11-19-8-5-4-6-13(23-3)15(19)22/h7,9,12-13H,4-6,8,10-11H2,1-3H3,(H,17,18,21). The second-order valence-electron chi connectivity index (χ2n) is 6.33. The van der Waals surface area contributed by atoms with Crippen molar-refractivity contribution >= 4 is 17.8 Å². The number of likely N-dealkylation sites (tertiary alicyclic amines) is 1. The third-order valence-electron chi connectivity index (χ3n) is 3.88. The zero-order valence-electron chi connectivity index (χ0n) is 14.1. The van der Waals surface area contributed by atoms with Crippen LogP contribution < -0.4 is 5.32 Å². The van der Waals surface area contributed by atoms with Gasteiger partial charge in [-0.05, 0) is 25.2 Å². The van der Waals surface area contributed by atoms with Crippen molar-refractivity contribution in [3.05, 3.63) is 12.4 Å². The van der Waals surface area contributed by atoms with E-state index in [4.69, 9.17) is 4.74 Å². The highest BCUT2D eigenvalue weighted by molar-refractivity contribution is 5.94. The van der Waals surface area contributed by atoms with Crippen LogP contribution >= 0.6 is 0 Å². The molecule has 1 aromatic rings. The minimum Gasteiger partial charge on any atom is -0.372 e. The quantitative estimate of drug-likeness (QED) is 0.861. The summed E-state index contributed by atoms with van der Waals surface area (Å²) in [7, 11) is 1.54. The van der Waals surface area contributed by atoms with E-state index in [1.807, 2.05) is 10.8 Å². The van der Waals surface area contributed by atoms with Crippen LogP contribution in [0.5, 0.6) is 0 Å². The Kier molecular flexibility index (Phi) is 6.15. The number of imidazole rings is 1. The van der Waals surface area contributed by atoms with Gasteiger partial charge in [0.2, 0.25) is 11.9 Å². The van der Waals surface area contributed by atoms with Crippen LogP contribution in [0.3, 0.4) is 0 Å². The number of nitrogens with zero attached hydrogens (tertiary/aromatic N) is 3. The molecule has 2 rings (SSSR count). The number of hydrogen-bond donors (Lipinski definition) is 1. The SMILES string of the molecule is COC1CCCCN(CC(=O)Nc2nccn2CC(C)C)C1=O. The number of aromatic nitrogens is 2. The molecule has 1 aliphatic rings. The van der Waals surface area contributed by atoms with E-state index in [0.717, 1.165) is 19.4 Å². The van der Waals surface area contributed by atoms with E-state index in [1.54, 1.807) is 11.1 Å². The van der Waals surface area contributed by atoms with Crippen LogP contribution in [0.15, 0.2) is 12.4 Å². The number of amides is 2. The number of hydrogen-bond acceptors (Lipinski definition) is 4. The maximum atomic E-state index is 12.3. The first-order chi connectivity index (χ1) is 11.0. The molecule has 0 aliphatic carbocycles. The summed E-state index contributed by atoms with van der Waals surface area (Å²) in [4.78, 5) is 30.3. The number of rotatable bonds is 6. The van der Waals surface area contributed by atoms with Crippen LogP contribution in [0.1, 0.15) is 33.1 Å². The van der Waals surface area contributed by atoms with Crippen molar-refractivity contribution in [1.82, 2.24) is 14.5 Å². The molecule has 0 aromatic carbocycles. The predicted molar refractivity (Wildman–Crippen MR) is 86.9 cm³/mol. The summed E-state index contributed by atoms with van der Waals surface area (Å²) >= 11 is 0. The van der Waals surface area contributed by atoms with E-state index in [0.29, 0.717) is 24.8 Å². The van der Waals surface area contributed by atoms with Gasteiger partial charge in [-0.15, -0.1) is 0 Å². The molecule has 1 N–H and O–H groups in total. The van der Waals surface area contributed by atoms with Gasteiger partial charge >= 0.3 is 0 Å². The molecule has 0 spiro atoms. The Labute approximate surface area is 137 Å². The topological polar surface area (TPSA) is 76.5 Å². The molecule has 1 unspecified atom stereocenters. The van der Waals surface area contributed by atoms with Crippen molar-refractivity contribution in [3.8, 4) is 0 Å². The normalized spacial score (nSPS) is 19.0. The molecule has 7 nitrogen and oxygen atoms in total. The number of nitrogens with one attached hydrogen (secondary N) is 1. The molecule has 2 heterocycles. The highest BCUT2D eigenvalue weighted by Crippen LogP contribution is 2.15. The summed E-state index contributed by atoms with van der Waals surface area (Å²) in [6, 6.07) is 0. The van der Waals surface area contributed by atoms with Crippen molar-refractivity contribution in [2.24, 2.45) is 5.92 Å². The van der Waals surface area contributed by atoms with Crippen LogP contribution in [-0.2, 0) is 20.9 Å². The maximum absolute atomic E-state index is 12.3. The zero-order valence-corrected chi connectivity index (χ0v) is 14.1. The zero-order chi connectivity index (χ0) is 16.8. The summed E-state index contributed by atoms with van der Waals surface area (Å²) in [5.74, 6) is 0.640. The minimum absolute atomic E-state index is 0.0350. The third kappa shape index (κ3) is 4.79. The molecule has 128 valence electrons. The molecule has 1 fully saturated rings. The van der Waals surface area contributed by atoms with Crippen molar-refractivity contribution in [3.63, 3.8) is 0 Å². The lowest BCUT2D eigenvalue weighted by molar-refractivity contribution is -0.143. The Bertz CT molecular complexity index is 541. The molecule has 2 amide bonds. The van der Waals surface area contributed by atoms with E-state index in [9.17, 15) is 9.59 Å². The van der Waals surface area contributed by atoms with Crippen molar-refractivity contribution in [2.75, 3.05) is 25.5 Å². The van der Waals surface area contributed by atoms with Crippen molar-refractivity contribution in [2.45, 2.75) is 45.8 Å². The Hall–Kier alpha value is -1.89.